The molecule has 1 aromatic rings. The molecule has 1 fully saturated rings. The molecule has 0 amide bonds. The minimum absolute atomic E-state index is 0.0405. The number of hydrogen-bond acceptors (Lipinski definition) is 3. The molecule has 1 saturated carbocycles. The number of fused-ring (bicyclic) bond motifs is 1. The Balaban J connectivity index is 1.67. The second kappa shape index (κ2) is 10.5. The molecule has 160 valence electrons. The lowest BCUT2D eigenvalue weighted by Crippen LogP contribution is -2.48. The average molecular weight is 421 g/mol. The standard InChI is InChI=1S/C22H32N2O4S/c1-3-4-5-6-17-8-12-19(13-9-17)28-15-21-20(23-29(26)27)14-11-18-10-7-16(2)22(25)24(18)21/h7,10,17,19-21,23H,3-4,8-9,11-15H2,1-2H3,(H,26,27). The van der Waals surface area contributed by atoms with E-state index in [1.54, 1.807) is 11.5 Å². The van der Waals surface area contributed by atoms with Crippen LogP contribution in [0.2, 0.25) is 0 Å². The summed E-state index contributed by atoms with van der Waals surface area (Å²) in [5.41, 5.74) is 1.60. The maximum Gasteiger partial charge on any atom is 0.254 e. The summed E-state index contributed by atoms with van der Waals surface area (Å²) in [7, 11) is 0. The van der Waals surface area contributed by atoms with Gasteiger partial charge in [0.1, 0.15) is 0 Å². The number of hydrogen-bond donors (Lipinski definition) is 2. The number of aryl methyl sites for hydroxylation is 2. The Labute approximate surface area is 175 Å². The Kier molecular flexibility index (Phi) is 8.07. The largest absolute Gasteiger partial charge is 0.376 e. The van der Waals surface area contributed by atoms with Gasteiger partial charge in [-0.2, -0.15) is 0 Å². The van der Waals surface area contributed by atoms with Crippen LogP contribution in [-0.4, -0.2) is 32.1 Å². The predicted molar refractivity (Wildman–Crippen MR) is 115 cm³/mol. The molecule has 0 saturated heterocycles. The quantitative estimate of drug-likeness (QED) is 0.547. The van der Waals surface area contributed by atoms with Crippen molar-refractivity contribution in [2.24, 2.45) is 5.92 Å². The van der Waals surface area contributed by atoms with Crippen LogP contribution in [0.5, 0.6) is 0 Å². The van der Waals surface area contributed by atoms with Crippen LogP contribution in [0.25, 0.3) is 0 Å². The van der Waals surface area contributed by atoms with Gasteiger partial charge in [-0.3, -0.25) is 9.35 Å². The fraction of sp³-hybridized carbons (Fsp3) is 0.682. The lowest BCUT2D eigenvalue weighted by molar-refractivity contribution is -0.00302. The topological polar surface area (TPSA) is 80.6 Å². The first-order valence-electron chi connectivity index (χ1n) is 10.7. The molecule has 3 rings (SSSR count). The van der Waals surface area contributed by atoms with Gasteiger partial charge < -0.3 is 9.30 Å². The molecule has 3 atom stereocenters. The second-order valence-electron chi connectivity index (χ2n) is 8.14. The summed E-state index contributed by atoms with van der Waals surface area (Å²) in [6, 6.07) is 3.27. The van der Waals surface area contributed by atoms with Crippen molar-refractivity contribution in [3.63, 3.8) is 0 Å². The van der Waals surface area contributed by atoms with Crippen LogP contribution in [-0.2, 0) is 22.4 Å². The van der Waals surface area contributed by atoms with E-state index in [9.17, 15) is 13.6 Å². The van der Waals surface area contributed by atoms with E-state index < -0.39 is 11.3 Å². The van der Waals surface area contributed by atoms with Crippen molar-refractivity contribution in [1.29, 1.82) is 0 Å². The minimum Gasteiger partial charge on any atom is -0.376 e. The number of nitrogens with zero attached hydrogens (tertiary/aromatic N) is 1. The zero-order valence-electron chi connectivity index (χ0n) is 17.4. The van der Waals surface area contributed by atoms with E-state index in [0.29, 0.717) is 30.9 Å². The van der Waals surface area contributed by atoms with Crippen molar-refractivity contribution in [1.82, 2.24) is 9.29 Å². The monoisotopic (exact) mass is 420 g/mol. The van der Waals surface area contributed by atoms with Gasteiger partial charge >= 0.3 is 0 Å². The summed E-state index contributed by atoms with van der Waals surface area (Å²) in [5.74, 6) is 7.11. The molecule has 1 aromatic heterocycles. The van der Waals surface area contributed by atoms with Gasteiger partial charge in [-0.05, 0) is 57.9 Å². The number of unbranched alkanes of at least 4 members (excludes halogenated alkanes) is 1. The Bertz CT molecular complexity index is 833. The van der Waals surface area contributed by atoms with Gasteiger partial charge in [-0.1, -0.05) is 18.9 Å². The van der Waals surface area contributed by atoms with Crippen LogP contribution in [0.1, 0.15) is 69.2 Å². The summed E-state index contributed by atoms with van der Waals surface area (Å²) in [6.07, 6.45) is 7.65. The van der Waals surface area contributed by atoms with Gasteiger partial charge in [0.15, 0.2) is 0 Å². The molecular formula is C22H32N2O4S. The van der Waals surface area contributed by atoms with E-state index in [1.807, 2.05) is 12.1 Å². The van der Waals surface area contributed by atoms with E-state index in [-0.39, 0.29) is 23.7 Å². The first-order chi connectivity index (χ1) is 14.0. The fourth-order valence-electron chi connectivity index (χ4n) is 4.34. The highest BCUT2D eigenvalue weighted by Crippen LogP contribution is 2.29. The van der Waals surface area contributed by atoms with Crippen LogP contribution in [0.15, 0.2) is 16.9 Å². The summed E-state index contributed by atoms with van der Waals surface area (Å²) in [6.45, 7) is 4.31. The third-order valence-electron chi connectivity index (χ3n) is 6.01. The maximum absolute atomic E-state index is 12.8. The van der Waals surface area contributed by atoms with Crippen LogP contribution in [0.3, 0.4) is 0 Å². The zero-order chi connectivity index (χ0) is 20.8. The summed E-state index contributed by atoms with van der Waals surface area (Å²) < 4.78 is 31.4. The van der Waals surface area contributed by atoms with Crippen molar-refractivity contribution < 1.29 is 13.5 Å². The predicted octanol–water partition coefficient (Wildman–Crippen LogP) is 3.12. The number of pyridine rings is 1. The molecule has 2 N–H and O–H groups in total. The average Bonchev–Trinajstić information content (AvgIpc) is 2.70. The first-order valence-corrected chi connectivity index (χ1v) is 11.8. The first kappa shape index (κ1) is 22.2. The highest BCUT2D eigenvalue weighted by molar-refractivity contribution is 7.77. The van der Waals surface area contributed by atoms with Crippen molar-refractivity contribution in [3.05, 3.63) is 33.7 Å². The van der Waals surface area contributed by atoms with Gasteiger partial charge in [-0.25, -0.2) is 8.93 Å². The highest BCUT2D eigenvalue weighted by atomic mass is 32.2. The van der Waals surface area contributed by atoms with Crippen molar-refractivity contribution >= 4 is 11.3 Å². The lowest BCUT2D eigenvalue weighted by Gasteiger charge is -2.36. The molecule has 0 bridgehead atoms. The summed E-state index contributed by atoms with van der Waals surface area (Å²) >= 11 is -2.13. The summed E-state index contributed by atoms with van der Waals surface area (Å²) in [5, 5.41) is 0. The Morgan fingerprint density at radius 3 is 2.72 bits per heavy atom. The molecule has 0 aromatic carbocycles. The number of rotatable bonds is 6. The molecule has 1 aliphatic heterocycles. The van der Waals surface area contributed by atoms with Crippen LogP contribution in [0.4, 0.5) is 0 Å². The van der Waals surface area contributed by atoms with E-state index in [0.717, 1.165) is 44.2 Å². The van der Waals surface area contributed by atoms with Gasteiger partial charge in [0.05, 0.1) is 18.8 Å². The molecule has 3 unspecified atom stereocenters. The molecule has 7 heteroatoms. The third kappa shape index (κ3) is 5.79. The van der Waals surface area contributed by atoms with Crippen LogP contribution >= 0.6 is 0 Å². The molecule has 2 heterocycles. The molecule has 1 aliphatic carbocycles. The van der Waals surface area contributed by atoms with E-state index in [2.05, 4.69) is 23.5 Å². The summed E-state index contributed by atoms with van der Waals surface area (Å²) in [4.78, 5) is 12.8. The van der Waals surface area contributed by atoms with Crippen molar-refractivity contribution in [3.8, 4) is 11.8 Å². The Morgan fingerprint density at radius 1 is 1.28 bits per heavy atom. The van der Waals surface area contributed by atoms with Gasteiger partial charge in [0.25, 0.3) is 5.56 Å². The van der Waals surface area contributed by atoms with Gasteiger partial charge in [0, 0.05) is 29.6 Å². The molecule has 0 radical (unpaired) electrons. The normalized spacial score (nSPS) is 27.6. The Hall–Kier alpha value is -1.46. The molecule has 29 heavy (non-hydrogen) atoms. The highest BCUT2D eigenvalue weighted by Gasteiger charge is 2.33. The van der Waals surface area contributed by atoms with Crippen LogP contribution < -0.4 is 10.3 Å². The Morgan fingerprint density at radius 2 is 2.03 bits per heavy atom. The van der Waals surface area contributed by atoms with E-state index in [4.69, 9.17) is 4.74 Å². The number of nitrogens with one attached hydrogen (secondary N) is 1. The van der Waals surface area contributed by atoms with Crippen LogP contribution in [0, 0.1) is 24.7 Å². The maximum atomic E-state index is 12.8. The molecular weight excluding hydrogens is 388 g/mol. The SMILES string of the molecule is CCCC#CC1CCC(OCC2C(NS(=O)O)CCc3ccc(C)c(=O)n32)CC1. The lowest BCUT2D eigenvalue weighted by atomic mass is 9.87. The molecule has 0 spiro atoms. The van der Waals surface area contributed by atoms with E-state index >= 15 is 0 Å². The van der Waals surface area contributed by atoms with E-state index in [1.165, 1.54) is 0 Å². The van der Waals surface area contributed by atoms with Crippen molar-refractivity contribution in [2.45, 2.75) is 83.4 Å². The number of aromatic nitrogens is 1. The zero-order valence-corrected chi connectivity index (χ0v) is 18.2. The van der Waals surface area contributed by atoms with Crippen molar-refractivity contribution in [2.75, 3.05) is 6.61 Å². The fourth-order valence-corrected chi connectivity index (χ4v) is 4.88. The third-order valence-corrected chi connectivity index (χ3v) is 6.51. The second-order valence-corrected chi connectivity index (χ2v) is 8.87. The smallest absolute Gasteiger partial charge is 0.254 e. The number of ether oxygens (including phenoxy) is 1. The van der Waals surface area contributed by atoms with Gasteiger partial charge in [0.2, 0.25) is 11.3 Å². The minimum atomic E-state index is -2.13. The van der Waals surface area contributed by atoms with Gasteiger partial charge in [-0.15, -0.1) is 5.92 Å². The molecule has 2 aliphatic rings. The molecule has 6 nitrogen and oxygen atoms in total.